The summed E-state index contributed by atoms with van der Waals surface area (Å²) < 4.78 is 0. The molecule has 0 aliphatic heterocycles. The van der Waals surface area contributed by atoms with E-state index in [-0.39, 0.29) is 5.38 Å². The summed E-state index contributed by atoms with van der Waals surface area (Å²) in [5.74, 6) is 1.32. The molecule has 1 aromatic carbocycles. The first-order chi connectivity index (χ1) is 13.2. The zero-order valence-electron chi connectivity index (χ0n) is 16.2. The number of unbranched alkanes of at least 4 members (excludes halogenated alkanes) is 2. The SMILES string of the molecule is CCCCCC1CCC(C2(N=C=S)C=CC(c3ccccc3)=CC2Cl)CC1. The van der Waals surface area contributed by atoms with Crippen LogP contribution in [0.15, 0.2) is 53.6 Å². The maximum atomic E-state index is 6.93. The van der Waals surface area contributed by atoms with Crippen molar-refractivity contribution in [2.24, 2.45) is 16.8 Å². The number of isothiocyanates is 1. The number of aliphatic imine (C=N–C) groups is 1. The second-order valence-electron chi connectivity index (χ2n) is 8.03. The first-order valence-electron chi connectivity index (χ1n) is 10.4. The molecule has 2 aliphatic rings. The van der Waals surface area contributed by atoms with Gasteiger partial charge in [-0.1, -0.05) is 94.0 Å². The van der Waals surface area contributed by atoms with Crippen molar-refractivity contribution in [1.29, 1.82) is 0 Å². The number of rotatable bonds is 7. The van der Waals surface area contributed by atoms with E-state index in [9.17, 15) is 0 Å². The molecule has 144 valence electrons. The van der Waals surface area contributed by atoms with Gasteiger partial charge in [-0.05, 0) is 48.0 Å². The molecule has 0 radical (unpaired) electrons. The predicted octanol–water partition coefficient (Wildman–Crippen LogP) is 7.48. The first-order valence-corrected chi connectivity index (χ1v) is 11.2. The van der Waals surface area contributed by atoms with Gasteiger partial charge in [0.2, 0.25) is 0 Å². The molecular weight excluding hydrogens is 370 g/mol. The molecule has 1 aromatic rings. The fraction of sp³-hybridized carbons (Fsp3) is 0.542. The lowest BCUT2D eigenvalue weighted by Gasteiger charge is -2.42. The molecule has 0 bridgehead atoms. The molecule has 1 fully saturated rings. The lowest BCUT2D eigenvalue weighted by atomic mass is 9.68. The van der Waals surface area contributed by atoms with Crippen LogP contribution in [0.25, 0.3) is 5.57 Å². The summed E-state index contributed by atoms with van der Waals surface area (Å²) in [6.07, 6.45) is 16.9. The summed E-state index contributed by atoms with van der Waals surface area (Å²) in [5.41, 5.74) is 1.92. The van der Waals surface area contributed by atoms with E-state index in [2.05, 4.69) is 59.6 Å². The molecule has 0 saturated heterocycles. The third-order valence-electron chi connectivity index (χ3n) is 6.36. The molecule has 2 unspecified atom stereocenters. The molecule has 0 heterocycles. The van der Waals surface area contributed by atoms with Gasteiger partial charge in [-0.2, -0.15) is 0 Å². The molecule has 0 N–H and O–H groups in total. The highest BCUT2D eigenvalue weighted by molar-refractivity contribution is 7.78. The normalized spacial score (nSPS) is 30.4. The minimum atomic E-state index is -0.435. The van der Waals surface area contributed by atoms with E-state index in [4.69, 9.17) is 23.8 Å². The summed E-state index contributed by atoms with van der Waals surface area (Å²) in [4.78, 5) is 4.65. The molecule has 0 amide bonds. The molecule has 1 saturated carbocycles. The number of hydrogen-bond acceptors (Lipinski definition) is 2. The number of allylic oxidation sites excluding steroid dienone is 2. The van der Waals surface area contributed by atoms with Gasteiger partial charge in [0.15, 0.2) is 0 Å². The van der Waals surface area contributed by atoms with Gasteiger partial charge in [0.1, 0.15) is 5.54 Å². The van der Waals surface area contributed by atoms with Gasteiger partial charge >= 0.3 is 0 Å². The molecule has 0 spiro atoms. The Kier molecular flexibility index (Phi) is 7.47. The van der Waals surface area contributed by atoms with Crippen molar-refractivity contribution in [1.82, 2.24) is 0 Å². The van der Waals surface area contributed by atoms with E-state index in [1.807, 2.05) is 6.07 Å². The molecule has 0 aromatic heterocycles. The van der Waals surface area contributed by atoms with Crippen molar-refractivity contribution in [3.8, 4) is 0 Å². The molecule has 2 aliphatic carbocycles. The van der Waals surface area contributed by atoms with Gasteiger partial charge in [0.25, 0.3) is 0 Å². The Morgan fingerprint density at radius 3 is 2.52 bits per heavy atom. The molecular formula is C24H30ClNS. The molecule has 27 heavy (non-hydrogen) atoms. The Bertz CT molecular complexity index is 711. The van der Waals surface area contributed by atoms with Gasteiger partial charge in [-0.25, -0.2) is 4.99 Å². The van der Waals surface area contributed by atoms with Crippen molar-refractivity contribution >= 4 is 34.6 Å². The standard InChI is InChI=1S/C24H30ClNS/c1-2-3-5-8-19-11-13-22(14-12-19)24(26-18-27)16-15-21(17-23(24)25)20-9-6-4-7-10-20/h4,6-7,9-10,15-17,19,22-23H,2-3,5,8,11-14H2,1H3. The third-order valence-corrected chi connectivity index (χ3v) is 6.93. The van der Waals surface area contributed by atoms with Crippen LogP contribution in [0.3, 0.4) is 0 Å². The fourth-order valence-corrected chi connectivity index (χ4v) is 5.31. The lowest BCUT2D eigenvalue weighted by Crippen LogP contribution is -2.44. The van der Waals surface area contributed by atoms with Crippen LogP contribution in [0, 0.1) is 11.8 Å². The number of benzene rings is 1. The molecule has 3 heteroatoms. The Labute approximate surface area is 174 Å². The topological polar surface area (TPSA) is 12.4 Å². The van der Waals surface area contributed by atoms with E-state index in [0.717, 1.165) is 5.92 Å². The van der Waals surface area contributed by atoms with Gasteiger partial charge in [0, 0.05) is 0 Å². The second-order valence-corrected chi connectivity index (χ2v) is 8.68. The fourth-order valence-electron chi connectivity index (χ4n) is 4.71. The molecule has 3 rings (SSSR count). The zero-order chi connectivity index (χ0) is 19.1. The molecule has 1 nitrogen and oxygen atoms in total. The smallest absolute Gasteiger partial charge is 0.112 e. The monoisotopic (exact) mass is 399 g/mol. The Balaban J connectivity index is 1.72. The Hall–Kier alpha value is -1.21. The highest BCUT2D eigenvalue weighted by atomic mass is 35.5. The summed E-state index contributed by atoms with van der Waals surface area (Å²) >= 11 is 11.9. The number of hydrogen-bond donors (Lipinski definition) is 0. The number of halogens is 1. The highest BCUT2D eigenvalue weighted by Gasteiger charge is 2.44. The van der Waals surface area contributed by atoms with Crippen molar-refractivity contribution < 1.29 is 0 Å². The largest absolute Gasteiger partial charge is 0.219 e. The van der Waals surface area contributed by atoms with Gasteiger partial charge in [-0.3, -0.25) is 0 Å². The predicted molar refractivity (Wildman–Crippen MR) is 121 cm³/mol. The average Bonchev–Trinajstić information content (AvgIpc) is 2.71. The highest BCUT2D eigenvalue weighted by Crippen LogP contribution is 2.45. The van der Waals surface area contributed by atoms with E-state index < -0.39 is 5.54 Å². The Morgan fingerprint density at radius 1 is 1.15 bits per heavy atom. The summed E-state index contributed by atoms with van der Waals surface area (Å²) in [7, 11) is 0. The van der Waals surface area contributed by atoms with Crippen molar-refractivity contribution in [3.05, 3.63) is 54.1 Å². The second kappa shape index (κ2) is 9.82. The Morgan fingerprint density at radius 2 is 1.89 bits per heavy atom. The summed E-state index contributed by atoms with van der Waals surface area (Å²) in [5, 5.41) is 2.47. The van der Waals surface area contributed by atoms with Crippen LogP contribution in [0.4, 0.5) is 0 Å². The van der Waals surface area contributed by atoms with Crippen LogP contribution in [0.5, 0.6) is 0 Å². The van der Waals surface area contributed by atoms with Crippen molar-refractivity contribution in [3.63, 3.8) is 0 Å². The maximum Gasteiger partial charge on any atom is 0.112 e. The van der Waals surface area contributed by atoms with E-state index in [1.54, 1.807) is 0 Å². The van der Waals surface area contributed by atoms with Crippen molar-refractivity contribution in [2.45, 2.75) is 69.2 Å². The quantitative estimate of drug-likeness (QED) is 0.200. The lowest BCUT2D eigenvalue weighted by molar-refractivity contribution is 0.200. The van der Waals surface area contributed by atoms with Crippen LogP contribution in [0.1, 0.15) is 63.9 Å². The minimum absolute atomic E-state index is 0.185. The maximum absolute atomic E-state index is 6.93. The number of nitrogens with zero attached hydrogens (tertiary/aromatic N) is 1. The summed E-state index contributed by atoms with van der Waals surface area (Å²) in [6.45, 7) is 2.28. The molecule has 2 atom stereocenters. The summed E-state index contributed by atoms with van der Waals surface area (Å²) in [6, 6.07) is 10.4. The van der Waals surface area contributed by atoms with Crippen molar-refractivity contribution in [2.75, 3.05) is 0 Å². The van der Waals surface area contributed by atoms with Gasteiger partial charge in [0.05, 0.1) is 10.5 Å². The minimum Gasteiger partial charge on any atom is -0.219 e. The van der Waals surface area contributed by atoms with Gasteiger partial charge in [-0.15, -0.1) is 11.6 Å². The van der Waals surface area contributed by atoms with Crippen LogP contribution in [-0.4, -0.2) is 16.1 Å². The van der Waals surface area contributed by atoms with E-state index in [0.29, 0.717) is 5.92 Å². The van der Waals surface area contributed by atoms with Crippen LogP contribution in [-0.2, 0) is 0 Å². The van der Waals surface area contributed by atoms with Crippen LogP contribution in [0.2, 0.25) is 0 Å². The number of thiocarbonyl (C=S) groups is 1. The zero-order valence-corrected chi connectivity index (χ0v) is 17.8. The third kappa shape index (κ3) is 4.80. The van der Waals surface area contributed by atoms with Gasteiger partial charge < -0.3 is 0 Å². The number of alkyl halides is 1. The van der Waals surface area contributed by atoms with E-state index in [1.165, 1.54) is 62.5 Å². The first kappa shape index (κ1) is 20.5. The van der Waals surface area contributed by atoms with E-state index >= 15 is 0 Å². The van der Waals surface area contributed by atoms with Crippen LogP contribution >= 0.6 is 23.8 Å². The van der Waals surface area contributed by atoms with Crippen LogP contribution < -0.4 is 0 Å². The average molecular weight is 400 g/mol.